The molecule has 0 bridgehead atoms. The molecule has 1 N–H and O–H groups in total. The topological polar surface area (TPSA) is 45.5 Å². The highest BCUT2D eigenvalue weighted by Gasteiger charge is 2.16. The van der Waals surface area contributed by atoms with Gasteiger partial charge in [0.1, 0.15) is 5.76 Å². The fraction of sp³-hybridized carbons (Fsp3) is 0.286. The van der Waals surface area contributed by atoms with Crippen LogP contribution in [0.25, 0.3) is 0 Å². The van der Waals surface area contributed by atoms with Crippen LogP contribution < -0.4 is 5.32 Å². The van der Waals surface area contributed by atoms with E-state index >= 15 is 0 Å². The number of benzene rings is 1. The molecular formula is C21H24N2O2S. The fourth-order valence-electron chi connectivity index (χ4n) is 3.00. The van der Waals surface area contributed by atoms with Gasteiger partial charge in [-0.3, -0.25) is 9.69 Å². The lowest BCUT2D eigenvalue weighted by Gasteiger charge is -2.21. The van der Waals surface area contributed by atoms with Gasteiger partial charge >= 0.3 is 0 Å². The third-order valence-electron chi connectivity index (χ3n) is 4.29. The number of carbonyl (C=O) groups excluding carboxylic acids is 1. The number of amides is 1. The van der Waals surface area contributed by atoms with Gasteiger partial charge in [-0.2, -0.15) is 0 Å². The monoisotopic (exact) mass is 368 g/mol. The Morgan fingerprint density at radius 2 is 2.04 bits per heavy atom. The zero-order chi connectivity index (χ0) is 18.4. The first-order valence-corrected chi connectivity index (χ1v) is 9.69. The maximum absolute atomic E-state index is 12.7. The zero-order valence-electron chi connectivity index (χ0n) is 15.2. The smallest absolute Gasteiger partial charge is 0.238 e. The number of aryl methyl sites for hydroxylation is 2. The number of furan rings is 1. The Morgan fingerprint density at radius 1 is 1.15 bits per heavy atom. The molecule has 0 atom stereocenters. The molecule has 136 valence electrons. The summed E-state index contributed by atoms with van der Waals surface area (Å²) in [5, 5.41) is 5.17. The summed E-state index contributed by atoms with van der Waals surface area (Å²) in [5.41, 5.74) is 3.19. The Bertz CT molecular complexity index is 790. The van der Waals surface area contributed by atoms with E-state index in [-0.39, 0.29) is 5.91 Å². The van der Waals surface area contributed by atoms with Gasteiger partial charge in [0.25, 0.3) is 0 Å². The average Bonchev–Trinajstić information content (AvgIpc) is 3.30. The summed E-state index contributed by atoms with van der Waals surface area (Å²) in [5.74, 6) is 0.858. The Labute approximate surface area is 158 Å². The lowest BCUT2D eigenvalue weighted by Crippen LogP contribution is -2.32. The Hall–Kier alpha value is -2.37. The molecule has 0 aliphatic rings. The van der Waals surface area contributed by atoms with Gasteiger partial charge in [0, 0.05) is 17.1 Å². The van der Waals surface area contributed by atoms with Gasteiger partial charge in [-0.15, -0.1) is 11.3 Å². The standard InChI is InChI=1S/C21H24N2O2S/c1-3-17-8-4-7-16(2)21(17)22-20(24)15-23(13-18-9-5-11-25-18)14-19-10-6-12-26-19/h4-12H,3,13-15H2,1-2H3,(H,22,24). The van der Waals surface area contributed by atoms with Crippen LogP contribution in [0.5, 0.6) is 0 Å². The summed E-state index contributed by atoms with van der Waals surface area (Å²) in [6.07, 6.45) is 2.56. The van der Waals surface area contributed by atoms with Crippen LogP contribution in [0, 0.1) is 6.92 Å². The van der Waals surface area contributed by atoms with Crippen LogP contribution >= 0.6 is 11.3 Å². The molecule has 3 rings (SSSR count). The van der Waals surface area contributed by atoms with E-state index in [0.717, 1.165) is 35.5 Å². The quantitative estimate of drug-likeness (QED) is 0.618. The number of rotatable bonds is 8. The summed E-state index contributed by atoms with van der Waals surface area (Å²) >= 11 is 1.70. The van der Waals surface area contributed by atoms with Gasteiger partial charge in [0.2, 0.25) is 5.91 Å². The molecule has 4 nitrogen and oxygen atoms in total. The molecule has 0 saturated heterocycles. The minimum atomic E-state index is -0.00267. The lowest BCUT2D eigenvalue weighted by atomic mass is 10.1. The van der Waals surface area contributed by atoms with Crippen molar-refractivity contribution in [3.8, 4) is 0 Å². The van der Waals surface area contributed by atoms with E-state index in [1.54, 1.807) is 17.6 Å². The van der Waals surface area contributed by atoms with Crippen molar-refractivity contribution in [2.24, 2.45) is 0 Å². The minimum Gasteiger partial charge on any atom is -0.468 e. The van der Waals surface area contributed by atoms with E-state index < -0.39 is 0 Å². The first-order valence-electron chi connectivity index (χ1n) is 8.81. The molecule has 1 aromatic carbocycles. The molecule has 0 radical (unpaired) electrons. The van der Waals surface area contributed by atoms with Crippen LogP contribution in [0.4, 0.5) is 5.69 Å². The van der Waals surface area contributed by atoms with Gasteiger partial charge < -0.3 is 9.73 Å². The Kier molecular flexibility index (Phi) is 6.26. The maximum atomic E-state index is 12.7. The van der Waals surface area contributed by atoms with E-state index in [2.05, 4.69) is 34.7 Å². The Balaban J connectivity index is 1.70. The fourth-order valence-corrected chi connectivity index (χ4v) is 3.74. The van der Waals surface area contributed by atoms with Crippen LogP contribution in [0.1, 0.15) is 28.7 Å². The second-order valence-corrected chi connectivity index (χ2v) is 7.35. The second-order valence-electron chi connectivity index (χ2n) is 6.31. The highest BCUT2D eigenvalue weighted by atomic mass is 32.1. The Morgan fingerprint density at radius 3 is 2.73 bits per heavy atom. The first-order chi connectivity index (χ1) is 12.7. The van der Waals surface area contributed by atoms with Crippen molar-refractivity contribution in [2.75, 3.05) is 11.9 Å². The number of hydrogen-bond donors (Lipinski definition) is 1. The van der Waals surface area contributed by atoms with Crippen molar-refractivity contribution in [1.29, 1.82) is 0 Å². The average molecular weight is 369 g/mol. The molecular weight excluding hydrogens is 344 g/mol. The number of nitrogens with zero attached hydrogens (tertiary/aromatic N) is 1. The number of hydrogen-bond acceptors (Lipinski definition) is 4. The summed E-state index contributed by atoms with van der Waals surface area (Å²) in [6, 6.07) is 14.1. The van der Waals surface area contributed by atoms with Gasteiger partial charge in [0.15, 0.2) is 0 Å². The number of anilines is 1. The number of thiophene rings is 1. The van der Waals surface area contributed by atoms with Crippen molar-refractivity contribution in [1.82, 2.24) is 4.90 Å². The van der Waals surface area contributed by atoms with Gasteiger partial charge in [-0.1, -0.05) is 31.2 Å². The number of para-hydroxylation sites is 1. The maximum Gasteiger partial charge on any atom is 0.238 e. The van der Waals surface area contributed by atoms with Crippen molar-refractivity contribution in [3.63, 3.8) is 0 Å². The largest absolute Gasteiger partial charge is 0.468 e. The van der Waals surface area contributed by atoms with E-state index in [9.17, 15) is 4.79 Å². The van der Waals surface area contributed by atoms with Crippen molar-refractivity contribution >= 4 is 22.9 Å². The summed E-state index contributed by atoms with van der Waals surface area (Å²) in [4.78, 5) is 16.1. The van der Waals surface area contributed by atoms with E-state index in [4.69, 9.17) is 4.42 Å². The number of carbonyl (C=O) groups is 1. The van der Waals surface area contributed by atoms with Crippen LogP contribution in [-0.2, 0) is 24.3 Å². The van der Waals surface area contributed by atoms with Crippen LogP contribution in [0.2, 0.25) is 0 Å². The SMILES string of the molecule is CCc1cccc(C)c1NC(=O)CN(Cc1ccco1)Cc1cccs1. The lowest BCUT2D eigenvalue weighted by molar-refractivity contribution is -0.117. The molecule has 2 heterocycles. The predicted molar refractivity (Wildman–Crippen MR) is 106 cm³/mol. The van der Waals surface area contributed by atoms with Crippen LogP contribution in [0.3, 0.4) is 0 Å². The minimum absolute atomic E-state index is 0.00267. The highest BCUT2D eigenvalue weighted by Crippen LogP contribution is 2.21. The third-order valence-corrected chi connectivity index (χ3v) is 5.15. The zero-order valence-corrected chi connectivity index (χ0v) is 16.0. The predicted octanol–water partition coefficient (Wildman–Crippen LogP) is 4.85. The molecule has 0 unspecified atom stereocenters. The van der Waals surface area contributed by atoms with Gasteiger partial charge in [-0.05, 0) is 48.1 Å². The molecule has 5 heteroatoms. The normalized spacial score (nSPS) is 11.0. The molecule has 0 fully saturated rings. The summed E-state index contributed by atoms with van der Waals surface area (Å²) in [7, 11) is 0. The molecule has 0 spiro atoms. The third kappa shape index (κ3) is 4.84. The van der Waals surface area contributed by atoms with Gasteiger partial charge in [0.05, 0.1) is 19.4 Å². The second kappa shape index (κ2) is 8.83. The molecule has 1 amide bonds. The van der Waals surface area contributed by atoms with E-state index in [0.29, 0.717) is 13.1 Å². The molecule has 26 heavy (non-hydrogen) atoms. The molecule has 2 aromatic heterocycles. The first kappa shape index (κ1) is 18.4. The van der Waals surface area contributed by atoms with Crippen molar-refractivity contribution in [2.45, 2.75) is 33.4 Å². The highest BCUT2D eigenvalue weighted by molar-refractivity contribution is 7.09. The van der Waals surface area contributed by atoms with Crippen molar-refractivity contribution < 1.29 is 9.21 Å². The molecule has 0 saturated carbocycles. The molecule has 3 aromatic rings. The number of nitrogens with one attached hydrogen (secondary N) is 1. The van der Waals surface area contributed by atoms with Crippen molar-refractivity contribution in [3.05, 3.63) is 75.9 Å². The van der Waals surface area contributed by atoms with Crippen LogP contribution in [-0.4, -0.2) is 17.4 Å². The summed E-state index contributed by atoms with van der Waals surface area (Å²) < 4.78 is 5.47. The van der Waals surface area contributed by atoms with E-state index in [1.165, 1.54) is 4.88 Å². The van der Waals surface area contributed by atoms with Gasteiger partial charge in [-0.25, -0.2) is 0 Å². The summed E-state index contributed by atoms with van der Waals surface area (Å²) in [6.45, 7) is 5.77. The van der Waals surface area contributed by atoms with E-state index in [1.807, 2.05) is 37.3 Å². The molecule has 0 aliphatic carbocycles. The van der Waals surface area contributed by atoms with Crippen LogP contribution in [0.15, 0.2) is 58.5 Å². The molecule has 0 aliphatic heterocycles.